The van der Waals surface area contributed by atoms with Crippen LogP contribution in [0, 0.1) is 0 Å². The van der Waals surface area contributed by atoms with Gasteiger partial charge in [0, 0.05) is 11.1 Å². The Bertz CT molecular complexity index is 809. The molecule has 1 aliphatic carbocycles. The normalized spacial score (nSPS) is 15.4. The first-order valence-electron chi connectivity index (χ1n) is 8.94. The van der Waals surface area contributed by atoms with Crippen molar-refractivity contribution in [2.45, 2.75) is 38.1 Å². The summed E-state index contributed by atoms with van der Waals surface area (Å²) >= 11 is 0. The molecule has 26 heavy (non-hydrogen) atoms. The van der Waals surface area contributed by atoms with Crippen LogP contribution in [-0.2, 0) is 4.79 Å². The number of hydrogen-bond acceptors (Lipinski definition) is 3. The number of nitrogens with one attached hydrogen (secondary N) is 1. The molecule has 5 nitrogen and oxygen atoms in total. The molecule has 0 atom stereocenters. The van der Waals surface area contributed by atoms with Crippen molar-refractivity contribution in [3.05, 3.63) is 54.1 Å². The van der Waals surface area contributed by atoms with Crippen molar-refractivity contribution in [2.75, 3.05) is 6.61 Å². The number of carboxylic acids is 1. The van der Waals surface area contributed by atoms with E-state index in [4.69, 9.17) is 4.74 Å². The lowest BCUT2D eigenvalue weighted by Gasteiger charge is -2.25. The summed E-state index contributed by atoms with van der Waals surface area (Å²) in [5.74, 6) is -0.559. The molecule has 0 aromatic heterocycles. The van der Waals surface area contributed by atoms with Crippen molar-refractivity contribution in [3.63, 3.8) is 0 Å². The molecule has 136 valence electrons. The number of amides is 1. The van der Waals surface area contributed by atoms with Crippen molar-refractivity contribution in [1.29, 1.82) is 0 Å². The monoisotopic (exact) mass is 353 g/mol. The predicted molar refractivity (Wildman–Crippen MR) is 99.3 cm³/mol. The van der Waals surface area contributed by atoms with Gasteiger partial charge in [-0.05, 0) is 43.5 Å². The second-order valence-corrected chi connectivity index (χ2v) is 6.56. The molecule has 1 amide bonds. The quantitative estimate of drug-likeness (QED) is 0.826. The lowest BCUT2D eigenvalue weighted by Crippen LogP contribution is -2.52. The molecule has 1 saturated carbocycles. The van der Waals surface area contributed by atoms with Crippen molar-refractivity contribution in [3.8, 4) is 16.9 Å². The minimum atomic E-state index is -1.14. The molecule has 0 aliphatic heterocycles. The molecular weight excluding hydrogens is 330 g/mol. The van der Waals surface area contributed by atoms with Gasteiger partial charge in [0.1, 0.15) is 11.3 Å². The largest absolute Gasteiger partial charge is 0.493 e. The summed E-state index contributed by atoms with van der Waals surface area (Å²) in [6, 6.07) is 14.8. The maximum Gasteiger partial charge on any atom is 0.329 e. The fraction of sp³-hybridized carbons (Fsp3) is 0.333. The van der Waals surface area contributed by atoms with Gasteiger partial charge in [0.25, 0.3) is 5.91 Å². The second kappa shape index (κ2) is 7.60. The fourth-order valence-electron chi connectivity index (χ4n) is 3.47. The summed E-state index contributed by atoms with van der Waals surface area (Å²) in [5.41, 5.74) is 1.06. The summed E-state index contributed by atoms with van der Waals surface area (Å²) in [5, 5.41) is 12.3. The van der Waals surface area contributed by atoms with Crippen LogP contribution in [-0.4, -0.2) is 29.1 Å². The van der Waals surface area contributed by atoms with Gasteiger partial charge in [-0.2, -0.15) is 0 Å². The smallest absolute Gasteiger partial charge is 0.329 e. The van der Waals surface area contributed by atoms with E-state index in [0.29, 0.717) is 25.0 Å². The fourth-order valence-corrected chi connectivity index (χ4v) is 3.47. The van der Waals surface area contributed by atoms with E-state index in [1.807, 2.05) is 37.3 Å². The van der Waals surface area contributed by atoms with Gasteiger partial charge < -0.3 is 15.2 Å². The Balaban J connectivity index is 1.88. The molecule has 0 spiro atoms. The molecule has 3 rings (SSSR count). The van der Waals surface area contributed by atoms with Crippen LogP contribution in [0.15, 0.2) is 48.5 Å². The number of benzene rings is 2. The molecule has 1 aliphatic rings. The minimum absolute atomic E-state index is 0.356. The van der Waals surface area contributed by atoms with Crippen molar-refractivity contribution >= 4 is 11.9 Å². The molecule has 2 aromatic carbocycles. The molecule has 2 aromatic rings. The third kappa shape index (κ3) is 3.57. The Hall–Kier alpha value is -2.82. The molecule has 0 heterocycles. The van der Waals surface area contributed by atoms with Crippen LogP contribution in [0.1, 0.15) is 43.0 Å². The first kappa shape index (κ1) is 18.0. The van der Waals surface area contributed by atoms with Crippen LogP contribution in [0.25, 0.3) is 11.1 Å². The third-order valence-electron chi connectivity index (χ3n) is 4.84. The van der Waals surface area contributed by atoms with Gasteiger partial charge >= 0.3 is 5.97 Å². The highest BCUT2D eigenvalue weighted by molar-refractivity contribution is 5.99. The first-order chi connectivity index (χ1) is 12.6. The predicted octanol–water partition coefficient (Wildman–Crippen LogP) is 3.88. The van der Waals surface area contributed by atoms with Crippen LogP contribution in [0.3, 0.4) is 0 Å². The number of carboxylic acid groups (broad SMARTS) is 1. The number of para-hydroxylation sites is 1. The standard InChI is InChI=1S/C21H23NO4/c1-2-26-18-11-4-3-10-17(18)15-8-7-9-16(14-15)19(23)22-21(20(24)25)12-5-6-13-21/h3-4,7-11,14H,2,5-6,12-13H2,1H3,(H,22,23)(H,24,25). The van der Waals surface area contributed by atoms with Gasteiger partial charge in [-0.3, -0.25) is 4.79 Å². The van der Waals surface area contributed by atoms with Crippen LogP contribution >= 0.6 is 0 Å². The molecule has 0 unspecified atom stereocenters. The van der Waals surface area contributed by atoms with Gasteiger partial charge in [0.2, 0.25) is 0 Å². The zero-order valence-corrected chi connectivity index (χ0v) is 14.8. The summed E-state index contributed by atoms with van der Waals surface area (Å²) in [4.78, 5) is 24.4. The van der Waals surface area contributed by atoms with E-state index >= 15 is 0 Å². The number of ether oxygens (including phenoxy) is 1. The highest BCUT2D eigenvalue weighted by atomic mass is 16.5. The summed E-state index contributed by atoms with van der Waals surface area (Å²) in [6.45, 7) is 2.48. The Morgan fingerprint density at radius 3 is 2.54 bits per heavy atom. The van der Waals surface area contributed by atoms with E-state index in [1.165, 1.54) is 0 Å². The maximum absolute atomic E-state index is 12.7. The Kier molecular flexibility index (Phi) is 5.26. The minimum Gasteiger partial charge on any atom is -0.493 e. The van der Waals surface area contributed by atoms with Crippen LogP contribution in [0.2, 0.25) is 0 Å². The van der Waals surface area contributed by atoms with Crippen molar-refractivity contribution in [2.24, 2.45) is 0 Å². The first-order valence-corrected chi connectivity index (χ1v) is 8.94. The van der Waals surface area contributed by atoms with Crippen LogP contribution in [0.4, 0.5) is 0 Å². The molecule has 0 saturated heterocycles. The molecule has 1 fully saturated rings. The summed E-state index contributed by atoms with van der Waals surface area (Å²) in [7, 11) is 0. The van der Waals surface area contributed by atoms with Gasteiger partial charge in [0.05, 0.1) is 6.61 Å². The van der Waals surface area contributed by atoms with E-state index in [0.717, 1.165) is 29.7 Å². The van der Waals surface area contributed by atoms with E-state index < -0.39 is 11.5 Å². The average Bonchev–Trinajstić information content (AvgIpc) is 3.12. The van der Waals surface area contributed by atoms with Crippen molar-refractivity contribution < 1.29 is 19.4 Å². The van der Waals surface area contributed by atoms with Gasteiger partial charge in [-0.15, -0.1) is 0 Å². The Morgan fingerprint density at radius 2 is 1.85 bits per heavy atom. The topological polar surface area (TPSA) is 75.6 Å². The van der Waals surface area contributed by atoms with E-state index in [2.05, 4.69) is 5.32 Å². The summed E-state index contributed by atoms with van der Waals surface area (Å²) < 4.78 is 5.67. The highest BCUT2D eigenvalue weighted by Gasteiger charge is 2.42. The van der Waals surface area contributed by atoms with Crippen molar-refractivity contribution in [1.82, 2.24) is 5.32 Å². The van der Waals surface area contributed by atoms with E-state index in [1.54, 1.807) is 18.2 Å². The van der Waals surface area contributed by atoms with E-state index in [-0.39, 0.29) is 5.91 Å². The molecule has 0 radical (unpaired) electrons. The average molecular weight is 353 g/mol. The zero-order chi connectivity index (χ0) is 18.6. The lowest BCUT2D eigenvalue weighted by molar-refractivity contribution is -0.144. The zero-order valence-electron chi connectivity index (χ0n) is 14.8. The van der Waals surface area contributed by atoms with E-state index in [9.17, 15) is 14.7 Å². The summed E-state index contributed by atoms with van der Waals surface area (Å²) in [6.07, 6.45) is 2.57. The van der Waals surface area contributed by atoms with Gasteiger partial charge in [0.15, 0.2) is 0 Å². The third-order valence-corrected chi connectivity index (χ3v) is 4.84. The molecular formula is C21H23NO4. The number of hydrogen-bond donors (Lipinski definition) is 2. The molecule has 5 heteroatoms. The molecule has 2 N–H and O–H groups in total. The van der Waals surface area contributed by atoms with Gasteiger partial charge in [-0.1, -0.05) is 43.2 Å². The lowest BCUT2D eigenvalue weighted by atomic mass is 9.96. The second-order valence-electron chi connectivity index (χ2n) is 6.56. The SMILES string of the molecule is CCOc1ccccc1-c1cccc(C(=O)NC2(C(=O)O)CCCC2)c1. The Morgan fingerprint density at radius 1 is 1.12 bits per heavy atom. The highest BCUT2D eigenvalue weighted by Crippen LogP contribution is 2.32. The van der Waals surface area contributed by atoms with Crippen LogP contribution in [0.5, 0.6) is 5.75 Å². The number of carbonyl (C=O) groups is 2. The number of aliphatic carboxylic acids is 1. The maximum atomic E-state index is 12.7. The number of rotatable bonds is 6. The van der Waals surface area contributed by atoms with Gasteiger partial charge in [-0.25, -0.2) is 4.79 Å². The Labute approximate surface area is 153 Å². The van der Waals surface area contributed by atoms with Crippen LogP contribution < -0.4 is 10.1 Å². The number of carbonyl (C=O) groups excluding carboxylic acids is 1. The molecule has 0 bridgehead atoms.